The number of rotatable bonds is 6. The summed E-state index contributed by atoms with van der Waals surface area (Å²) in [6.45, 7) is 5.45. The maximum atomic E-state index is 9.98. The molecule has 0 saturated carbocycles. The molecule has 0 unspecified atom stereocenters. The van der Waals surface area contributed by atoms with Crippen LogP contribution in [0.2, 0.25) is 0 Å². The van der Waals surface area contributed by atoms with Crippen LogP contribution < -0.4 is 0 Å². The number of hydrogen-bond acceptors (Lipinski definition) is 3. The van der Waals surface area contributed by atoms with Crippen LogP contribution in [0.1, 0.15) is 23.6 Å². The molecule has 0 spiro atoms. The minimum atomic E-state index is -0.710. The quantitative estimate of drug-likeness (QED) is 0.711. The van der Waals surface area contributed by atoms with Crippen molar-refractivity contribution in [3.05, 3.63) is 77.4 Å². The molecule has 2 aromatic carbocycles. The van der Waals surface area contributed by atoms with Crippen molar-refractivity contribution < 1.29 is 15.3 Å². The lowest BCUT2D eigenvalue weighted by atomic mass is 9.98. The third-order valence-corrected chi connectivity index (χ3v) is 3.71. The highest BCUT2D eigenvalue weighted by Crippen LogP contribution is 2.29. The van der Waals surface area contributed by atoms with Crippen LogP contribution in [0.4, 0.5) is 0 Å². The van der Waals surface area contributed by atoms with Gasteiger partial charge in [0.05, 0.1) is 6.10 Å². The molecule has 0 radical (unpaired) electrons. The molecule has 2 rings (SSSR count). The fourth-order valence-electron chi connectivity index (χ4n) is 2.27. The van der Waals surface area contributed by atoms with Crippen LogP contribution in [-0.4, -0.2) is 21.4 Å². The van der Waals surface area contributed by atoms with E-state index in [0.29, 0.717) is 23.1 Å². The van der Waals surface area contributed by atoms with Gasteiger partial charge in [0.1, 0.15) is 11.5 Å². The van der Waals surface area contributed by atoms with Crippen molar-refractivity contribution in [2.75, 3.05) is 0 Å². The van der Waals surface area contributed by atoms with Crippen LogP contribution in [0.5, 0.6) is 11.5 Å². The van der Waals surface area contributed by atoms with Gasteiger partial charge in [-0.2, -0.15) is 0 Å². The predicted octanol–water partition coefficient (Wildman–Crippen LogP) is 3.83. The molecule has 0 aliphatic rings. The summed E-state index contributed by atoms with van der Waals surface area (Å²) >= 11 is 0. The summed E-state index contributed by atoms with van der Waals surface area (Å²) < 4.78 is 0. The molecule has 120 valence electrons. The van der Waals surface area contributed by atoms with E-state index in [2.05, 4.69) is 6.58 Å². The minimum absolute atomic E-state index is 0.0152. The van der Waals surface area contributed by atoms with E-state index >= 15 is 0 Å². The van der Waals surface area contributed by atoms with Gasteiger partial charge in [-0.05, 0) is 36.1 Å². The second-order valence-corrected chi connectivity index (χ2v) is 5.69. The van der Waals surface area contributed by atoms with Crippen molar-refractivity contribution in [2.24, 2.45) is 0 Å². The van der Waals surface area contributed by atoms with Crippen LogP contribution in [0.3, 0.4) is 0 Å². The molecular weight excluding hydrogens is 288 g/mol. The first-order valence-electron chi connectivity index (χ1n) is 7.56. The third-order valence-electron chi connectivity index (χ3n) is 3.71. The van der Waals surface area contributed by atoms with Crippen molar-refractivity contribution in [3.63, 3.8) is 0 Å². The van der Waals surface area contributed by atoms with Gasteiger partial charge in [-0.15, -0.1) is 0 Å². The first kappa shape index (κ1) is 16.8. The number of allylic oxidation sites excluding steroid dienone is 1. The van der Waals surface area contributed by atoms with Crippen LogP contribution >= 0.6 is 0 Å². The average molecular weight is 310 g/mol. The number of benzene rings is 2. The first-order valence-corrected chi connectivity index (χ1v) is 7.56. The largest absolute Gasteiger partial charge is 0.508 e. The van der Waals surface area contributed by atoms with Crippen LogP contribution in [0.15, 0.2) is 60.7 Å². The van der Waals surface area contributed by atoms with Crippen molar-refractivity contribution >= 4 is 6.08 Å². The molecule has 0 saturated heterocycles. The molecule has 23 heavy (non-hydrogen) atoms. The SMILES string of the molecule is C=C(C)[C@H](O)Cc1cc(C/C=C/c2ccccc2)c(O)cc1O. The first-order chi connectivity index (χ1) is 11.0. The Balaban J connectivity index is 2.15. The lowest BCUT2D eigenvalue weighted by molar-refractivity contribution is 0.210. The Morgan fingerprint density at radius 3 is 2.39 bits per heavy atom. The number of hydrogen-bond donors (Lipinski definition) is 3. The second kappa shape index (κ2) is 7.65. The molecule has 3 heteroatoms. The highest BCUT2D eigenvalue weighted by Gasteiger charge is 2.12. The van der Waals surface area contributed by atoms with E-state index in [1.54, 1.807) is 13.0 Å². The zero-order chi connectivity index (χ0) is 16.8. The van der Waals surface area contributed by atoms with Crippen LogP contribution in [0.25, 0.3) is 6.08 Å². The lowest BCUT2D eigenvalue weighted by Crippen LogP contribution is -2.11. The molecule has 3 nitrogen and oxygen atoms in total. The Morgan fingerprint density at radius 2 is 1.74 bits per heavy atom. The summed E-state index contributed by atoms with van der Waals surface area (Å²) in [5.74, 6) is 0.0346. The Kier molecular flexibility index (Phi) is 5.61. The summed E-state index contributed by atoms with van der Waals surface area (Å²) in [6.07, 6.45) is 4.04. The smallest absolute Gasteiger partial charge is 0.122 e. The number of aliphatic hydroxyl groups excluding tert-OH is 1. The molecule has 0 heterocycles. The highest BCUT2D eigenvalue weighted by atomic mass is 16.3. The van der Waals surface area contributed by atoms with Crippen molar-refractivity contribution in [2.45, 2.75) is 25.9 Å². The van der Waals surface area contributed by atoms with Crippen molar-refractivity contribution in [1.29, 1.82) is 0 Å². The number of aliphatic hydroxyl groups is 1. The Labute approximate surface area is 136 Å². The van der Waals surface area contributed by atoms with Gasteiger partial charge in [0, 0.05) is 12.5 Å². The van der Waals surface area contributed by atoms with Crippen molar-refractivity contribution in [3.8, 4) is 11.5 Å². The molecule has 1 atom stereocenters. The molecule has 3 N–H and O–H groups in total. The molecule has 0 aliphatic heterocycles. The zero-order valence-corrected chi connectivity index (χ0v) is 13.2. The van der Waals surface area contributed by atoms with E-state index in [4.69, 9.17) is 0 Å². The maximum Gasteiger partial charge on any atom is 0.122 e. The summed E-state index contributed by atoms with van der Waals surface area (Å²) in [4.78, 5) is 0. The molecule has 0 aromatic heterocycles. The van der Waals surface area contributed by atoms with E-state index < -0.39 is 6.10 Å². The summed E-state index contributed by atoms with van der Waals surface area (Å²) in [7, 11) is 0. The van der Waals surface area contributed by atoms with Gasteiger partial charge in [0.25, 0.3) is 0 Å². The highest BCUT2D eigenvalue weighted by molar-refractivity contribution is 5.51. The van der Waals surface area contributed by atoms with Gasteiger partial charge < -0.3 is 15.3 Å². The molecule has 0 fully saturated rings. The Morgan fingerprint density at radius 1 is 1.09 bits per heavy atom. The number of phenolic OH excluding ortho intramolecular Hbond substituents is 2. The second-order valence-electron chi connectivity index (χ2n) is 5.69. The third kappa shape index (κ3) is 4.73. The average Bonchev–Trinajstić information content (AvgIpc) is 2.52. The van der Waals surface area contributed by atoms with E-state index in [1.165, 1.54) is 6.07 Å². The predicted molar refractivity (Wildman–Crippen MR) is 93.5 cm³/mol. The molecule has 0 bridgehead atoms. The minimum Gasteiger partial charge on any atom is -0.508 e. The Bertz CT molecular complexity index is 702. The summed E-state index contributed by atoms with van der Waals surface area (Å²) in [5, 5.41) is 29.8. The Hall–Kier alpha value is -2.52. The molecular formula is C20H22O3. The van der Waals surface area contributed by atoms with Gasteiger partial charge in [-0.3, -0.25) is 0 Å². The number of phenols is 2. The maximum absolute atomic E-state index is 9.98. The van der Waals surface area contributed by atoms with E-state index in [1.807, 2.05) is 42.5 Å². The van der Waals surface area contributed by atoms with Gasteiger partial charge in [-0.25, -0.2) is 0 Å². The van der Waals surface area contributed by atoms with Gasteiger partial charge in [0.2, 0.25) is 0 Å². The standard InChI is InChI=1S/C20H22O3/c1-14(2)18(21)12-17-11-16(19(22)13-20(17)23)10-6-9-15-7-4-3-5-8-15/h3-9,11,13,18,21-23H,1,10,12H2,2H3/b9-6+/t18-/m1/s1. The van der Waals surface area contributed by atoms with Crippen molar-refractivity contribution in [1.82, 2.24) is 0 Å². The zero-order valence-electron chi connectivity index (χ0n) is 13.2. The van der Waals surface area contributed by atoms with E-state index in [-0.39, 0.29) is 17.9 Å². The van der Waals surface area contributed by atoms with Gasteiger partial charge >= 0.3 is 0 Å². The van der Waals surface area contributed by atoms with E-state index in [9.17, 15) is 15.3 Å². The van der Waals surface area contributed by atoms with Gasteiger partial charge in [-0.1, -0.05) is 54.6 Å². The summed E-state index contributed by atoms with van der Waals surface area (Å²) in [6, 6.07) is 13.0. The van der Waals surface area contributed by atoms with Crippen LogP contribution in [-0.2, 0) is 12.8 Å². The number of aromatic hydroxyl groups is 2. The fraction of sp³-hybridized carbons (Fsp3) is 0.200. The van der Waals surface area contributed by atoms with Gasteiger partial charge in [0.15, 0.2) is 0 Å². The van der Waals surface area contributed by atoms with Crippen LogP contribution in [0, 0.1) is 0 Å². The molecule has 2 aromatic rings. The monoisotopic (exact) mass is 310 g/mol. The van der Waals surface area contributed by atoms with E-state index in [0.717, 1.165) is 5.56 Å². The molecule has 0 aliphatic carbocycles. The fourth-order valence-corrected chi connectivity index (χ4v) is 2.27. The summed E-state index contributed by atoms with van der Waals surface area (Å²) in [5.41, 5.74) is 3.03. The molecule has 0 amide bonds. The topological polar surface area (TPSA) is 60.7 Å². The lowest BCUT2D eigenvalue weighted by Gasteiger charge is -2.13. The normalized spacial score (nSPS) is 12.4.